The number of β-amino-alcohol motifs (C(OH)–C–C–N with tert-alkyl or cyclic N) is 1. The van der Waals surface area contributed by atoms with Gasteiger partial charge in [-0.3, -0.25) is 4.79 Å². The van der Waals surface area contributed by atoms with Crippen molar-refractivity contribution in [3.63, 3.8) is 0 Å². The molecule has 0 unspecified atom stereocenters. The van der Waals surface area contributed by atoms with Gasteiger partial charge in [0.25, 0.3) is 5.91 Å². The summed E-state index contributed by atoms with van der Waals surface area (Å²) < 4.78 is 5.12. The molecule has 0 aromatic carbocycles. The molecule has 0 spiro atoms. The van der Waals surface area contributed by atoms with E-state index in [1.54, 1.807) is 17.9 Å². The van der Waals surface area contributed by atoms with Crippen LogP contribution in [0.4, 0.5) is 0 Å². The van der Waals surface area contributed by atoms with Gasteiger partial charge in [-0.2, -0.15) is 0 Å². The van der Waals surface area contributed by atoms with Crippen LogP contribution in [0.15, 0.2) is 10.6 Å². The van der Waals surface area contributed by atoms with Gasteiger partial charge in [0.15, 0.2) is 5.69 Å². The summed E-state index contributed by atoms with van der Waals surface area (Å²) in [4.78, 5) is 13.4. The maximum absolute atomic E-state index is 11.9. The minimum absolute atomic E-state index is 0.151. The van der Waals surface area contributed by atoms with Crippen LogP contribution in [0, 0.1) is 0 Å². The van der Waals surface area contributed by atoms with Gasteiger partial charge in [0, 0.05) is 12.0 Å². The van der Waals surface area contributed by atoms with E-state index < -0.39 is 5.60 Å². The van der Waals surface area contributed by atoms with E-state index in [-0.39, 0.29) is 5.91 Å². The van der Waals surface area contributed by atoms with E-state index in [2.05, 4.69) is 5.16 Å². The van der Waals surface area contributed by atoms with Gasteiger partial charge in [-0.1, -0.05) is 5.16 Å². The highest BCUT2D eigenvalue weighted by Gasteiger charge is 2.41. The lowest BCUT2D eigenvalue weighted by molar-refractivity contribution is -0.0671. The predicted molar refractivity (Wildman–Crippen MR) is 55.0 cm³/mol. The fourth-order valence-electron chi connectivity index (χ4n) is 2.03. The van der Waals surface area contributed by atoms with Gasteiger partial charge >= 0.3 is 0 Å². The first-order chi connectivity index (χ1) is 7.55. The normalized spacial score (nSPS) is 23.0. The number of aliphatic hydroxyl groups is 1. The molecule has 1 saturated carbocycles. The van der Waals surface area contributed by atoms with Gasteiger partial charge < -0.3 is 14.5 Å². The third-order valence-electron chi connectivity index (χ3n) is 3.08. The lowest BCUT2D eigenvalue weighted by atomic mass is 9.96. The summed E-state index contributed by atoms with van der Waals surface area (Å²) in [5.41, 5.74) is -0.379. The second-order valence-electron chi connectivity index (χ2n) is 5.05. The van der Waals surface area contributed by atoms with Gasteiger partial charge in [0.2, 0.25) is 0 Å². The van der Waals surface area contributed by atoms with Crippen LogP contribution in [0.5, 0.6) is 0 Å². The monoisotopic (exact) mass is 222 g/mol. The molecule has 86 valence electrons. The summed E-state index contributed by atoms with van der Waals surface area (Å²) in [5.74, 6) is 1.13. The highest BCUT2D eigenvalue weighted by molar-refractivity contribution is 5.93. The molecule has 1 aromatic rings. The molecule has 3 rings (SSSR count). The lowest BCUT2D eigenvalue weighted by Gasteiger charge is -2.43. The molecule has 1 N–H and O–H groups in total. The molecular formula is C11H14N2O3. The fourth-order valence-corrected chi connectivity index (χ4v) is 2.03. The van der Waals surface area contributed by atoms with E-state index in [9.17, 15) is 9.90 Å². The predicted octanol–water partition coefficient (Wildman–Crippen LogP) is 0.759. The largest absolute Gasteiger partial charge is 0.386 e. The summed E-state index contributed by atoms with van der Waals surface area (Å²) >= 11 is 0. The highest BCUT2D eigenvalue weighted by atomic mass is 16.5. The Morgan fingerprint density at radius 1 is 1.62 bits per heavy atom. The summed E-state index contributed by atoms with van der Waals surface area (Å²) in [6, 6.07) is 1.73. The van der Waals surface area contributed by atoms with Crippen LogP contribution in [0.3, 0.4) is 0 Å². The second-order valence-corrected chi connectivity index (χ2v) is 5.05. The van der Waals surface area contributed by atoms with Crippen molar-refractivity contribution in [1.82, 2.24) is 10.1 Å². The number of aromatic nitrogens is 1. The molecule has 0 atom stereocenters. The van der Waals surface area contributed by atoms with E-state index in [0.717, 1.165) is 18.6 Å². The maximum atomic E-state index is 11.9. The number of nitrogens with zero attached hydrogens (tertiary/aromatic N) is 2. The number of amides is 1. The van der Waals surface area contributed by atoms with Gasteiger partial charge in [-0.25, -0.2) is 0 Å². The van der Waals surface area contributed by atoms with Crippen molar-refractivity contribution in [1.29, 1.82) is 0 Å². The van der Waals surface area contributed by atoms with Crippen molar-refractivity contribution < 1.29 is 14.4 Å². The molecule has 2 aliphatic rings. The van der Waals surface area contributed by atoms with Crippen LogP contribution in [-0.2, 0) is 0 Å². The van der Waals surface area contributed by atoms with Crippen LogP contribution in [0.1, 0.15) is 41.9 Å². The summed E-state index contributed by atoms with van der Waals surface area (Å²) in [7, 11) is 0. The number of hydrogen-bond donors (Lipinski definition) is 1. The van der Waals surface area contributed by atoms with Gasteiger partial charge in [0.05, 0.1) is 18.7 Å². The second kappa shape index (κ2) is 3.07. The van der Waals surface area contributed by atoms with Crippen LogP contribution in [0.25, 0.3) is 0 Å². The number of carbonyl (C=O) groups excluding carboxylic acids is 1. The van der Waals surface area contributed by atoms with Gasteiger partial charge in [-0.15, -0.1) is 0 Å². The van der Waals surface area contributed by atoms with Crippen molar-refractivity contribution in [2.24, 2.45) is 0 Å². The highest BCUT2D eigenvalue weighted by Crippen LogP contribution is 2.40. The van der Waals surface area contributed by atoms with E-state index >= 15 is 0 Å². The third kappa shape index (κ3) is 1.61. The van der Waals surface area contributed by atoms with Crippen LogP contribution in [-0.4, -0.2) is 39.8 Å². The average Bonchev–Trinajstić information content (AvgIpc) is 2.92. The number of likely N-dealkylation sites (tertiary alicyclic amines) is 1. The lowest BCUT2D eigenvalue weighted by Crippen LogP contribution is -2.61. The summed E-state index contributed by atoms with van der Waals surface area (Å²) in [6.45, 7) is 2.46. The van der Waals surface area contributed by atoms with E-state index in [1.165, 1.54) is 0 Å². The third-order valence-corrected chi connectivity index (χ3v) is 3.08. The molecule has 5 heteroatoms. The molecule has 1 aliphatic heterocycles. The van der Waals surface area contributed by atoms with E-state index in [1.807, 2.05) is 0 Å². The Balaban J connectivity index is 1.69. The molecule has 2 fully saturated rings. The number of hydrogen-bond acceptors (Lipinski definition) is 4. The Kier molecular flexibility index (Phi) is 1.89. The van der Waals surface area contributed by atoms with E-state index in [0.29, 0.717) is 24.7 Å². The van der Waals surface area contributed by atoms with Crippen LogP contribution < -0.4 is 0 Å². The zero-order chi connectivity index (χ0) is 11.3. The molecule has 0 radical (unpaired) electrons. The minimum atomic E-state index is -0.737. The summed E-state index contributed by atoms with van der Waals surface area (Å²) in [5, 5.41) is 13.3. The average molecular weight is 222 g/mol. The SMILES string of the molecule is CC1(O)CN(C(=O)c2cc(C3CC3)on2)C1. The summed E-state index contributed by atoms with van der Waals surface area (Å²) in [6.07, 6.45) is 2.25. The first-order valence-electron chi connectivity index (χ1n) is 5.53. The van der Waals surface area contributed by atoms with E-state index in [4.69, 9.17) is 4.52 Å². The smallest absolute Gasteiger partial charge is 0.276 e. The van der Waals surface area contributed by atoms with Crippen molar-refractivity contribution in [3.8, 4) is 0 Å². The Labute approximate surface area is 93.0 Å². The topological polar surface area (TPSA) is 66.6 Å². The van der Waals surface area contributed by atoms with Crippen LogP contribution >= 0.6 is 0 Å². The Hall–Kier alpha value is -1.36. The number of rotatable bonds is 2. The molecule has 2 heterocycles. The Morgan fingerprint density at radius 3 is 2.88 bits per heavy atom. The Bertz CT molecular complexity index is 426. The first-order valence-corrected chi connectivity index (χ1v) is 5.53. The molecule has 5 nitrogen and oxygen atoms in total. The first kappa shape index (κ1) is 9.84. The number of carbonyl (C=O) groups is 1. The van der Waals surface area contributed by atoms with Crippen LogP contribution in [0.2, 0.25) is 0 Å². The zero-order valence-electron chi connectivity index (χ0n) is 9.14. The molecule has 16 heavy (non-hydrogen) atoms. The minimum Gasteiger partial charge on any atom is -0.386 e. The molecule has 1 aliphatic carbocycles. The molecule has 1 amide bonds. The molecule has 0 bridgehead atoms. The standard InChI is InChI=1S/C11H14N2O3/c1-11(15)5-13(6-11)10(14)8-4-9(16-12-8)7-2-3-7/h4,7,15H,2-3,5-6H2,1H3. The quantitative estimate of drug-likeness (QED) is 0.802. The molecular weight excluding hydrogens is 208 g/mol. The van der Waals surface area contributed by atoms with Crippen molar-refractivity contribution in [3.05, 3.63) is 17.5 Å². The maximum Gasteiger partial charge on any atom is 0.276 e. The van der Waals surface area contributed by atoms with Crippen molar-refractivity contribution in [2.75, 3.05) is 13.1 Å². The molecule has 1 saturated heterocycles. The van der Waals surface area contributed by atoms with Gasteiger partial charge in [0.1, 0.15) is 5.76 Å². The van der Waals surface area contributed by atoms with Crippen molar-refractivity contribution in [2.45, 2.75) is 31.3 Å². The molecule has 1 aromatic heterocycles. The van der Waals surface area contributed by atoms with Gasteiger partial charge in [-0.05, 0) is 19.8 Å². The Morgan fingerprint density at radius 2 is 2.31 bits per heavy atom. The zero-order valence-corrected chi connectivity index (χ0v) is 9.14. The van der Waals surface area contributed by atoms with Crippen molar-refractivity contribution >= 4 is 5.91 Å². The fraction of sp³-hybridized carbons (Fsp3) is 0.636.